The minimum Gasteiger partial charge on any atom is -0.340 e. The summed E-state index contributed by atoms with van der Waals surface area (Å²) in [5.74, 6) is 6.68. The maximum atomic E-state index is 13.4. The van der Waals surface area contributed by atoms with E-state index in [0.29, 0.717) is 35.7 Å². The first-order valence-corrected chi connectivity index (χ1v) is 15.3. The van der Waals surface area contributed by atoms with Crippen LogP contribution in [-0.2, 0) is 0 Å². The van der Waals surface area contributed by atoms with Crippen molar-refractivity contribution >= 4 is 11.8 Å². The van der Waals surface area contributed by atoms with E-state index in [1.54, 1.807) is 22.2 Å². The van der Waals surface area contributed by atoms with Crippen LogP contribution in [0.1, 0.15) is 81.4 Å². The third-order valence-electron chi connectivity index (χ3n) is 8.57. The number of amides is 2. The number of rotatable bonds is 5. The topological polar surface area (TPSA) is 98.0 Å². The van der Waals surface area contributed by atoms with Gasteiger partial charge in [-0.3, -0.25) is 9.59 Å². The summed E-state index contributed by atoms with van der Waals surface area (Å²) in [6.45, 7) is 1.23. The average molecular weight is 617 g/mol. The minimum atomic E-state index is -0.376. The number of likely N-dealkylation sites (tertiary alicyclic amines) is 2. The quantitative estimate of drug-likeness (QED) is 0.222. The number of nitrogens with zero attached hydrogens (tertiary/aromatic N) is 4. The SMILES string of the molecule is O=C(c1ccc(F)cc1)N1CCC[C@H]1c1ncc(C#Cc2ccc(-c3cnc([C@@H]4CCCN4C(=O)c4ccc(F)cc4)[nH]3)cc2)[nH]1. The largest absolute Gasteiger partial charge is 0.340 e. The minimum absolute atomic E-state index is 0.133. The van der Waals surface area contributed by atoms with Crippen LogP contribution in [0.2, 0.25) is 0 Å². The molecule has 0 bridgehead atoms. The molecule has 0 spiro atoms. The molecule has 4 heterocycles. The normalized spacial score (nSPS) is 17.6. The van der Waals surface area contributed by atoms with Gasteiger partial charge in [0, 0.05) is 29.8 Å². The summed E-state index contributed by atoms with van der Waals surface area (Å²) in [6, 6.07) is 18.7. The molecule has 3 aromatic carbocycles. The average Bonchev–Trinajstić information content (AvgIpc) is 3.90. The van der Waals surface area contributed by atoms with Crippen molar-refractivity contribution in [3.05, 3.63) is 131 Å². The highest BCUT2D eigenvalue weighted by atomic mass is 19.1. The van der Waals surface area contributed by atoms with Crippen molar-refractivity contribution in [3.8, 4) is 23.1 Å². The van der Waals surface area contributed by atoms with Crippen molar-refractivity contribution < 1.29 is 18.4 Å². The zero-order chi connectivity index (χ0) is 31.6. The van der Waals surface area contributed by atoms with E-state index in [0.717, 1.165) is 48.3 Å². The van der Waals surface area contributed by atoms with E-state index in [4.69, 9.17) is 0 Å². The van der Waals surface area contributed by atoms with Crippen molar-refractivity contribution in [1.29, 1.82) is 0 Å². The van der Waals surface area contributed by atoms with E-state index < -0.39 is 0 Å². The summed E-state index contributed by atoms with van der Waals surface area (Å²) in [6.07, 6.45) is 6.76. The van der Waals surface area contributed by atoms with Crippen molar-refractivity contribution in [2.24, 2.45) is 0 Å². The summed E-state index contributed by atoms with van der Waals surface area (Å²) in [7, 11) is 0. The Bertz CT molecular complexity index is 1940. The van der Waals surface area contributed by atoms with Crippen LogP contribution >= 0.6 is 0 Å². The standard InChI is InChI=1S/C36H30F2N6O2/c37-27-14-10-25(11-15-27)35(45)43-19-1-3-31(43)33-39-21-29(41-33)18-7-23-5-8-24(9-6-23)30-22-40-34(42-30)32-4-2-20-44(32)36(46)26-12-16-28(38)17-13-26/h5-6,8-17,21-22,31-32H,1-4,19-20H2,(H,39,41)(H,40,42)/t31-,32-/m0/s1. The molecule has 2 aliphatic heterocycles. The van der Waals surface area contributed by atoms with Gasteiger partial charge in [0.2, 0.25) is 0 Å². The number of hydrogen-bond donors (Lipinski definition) is 2. The van der Waals surface area contributed by atoms with Gasteiger partial charge in [-0.05, 0) is 97.8 Å². The molecule has 0 saturated carbocycles. The number of hydrogen-bond acceptors (Lipinski definition) is 4. The van der Waals surface area contributed by atoms with Crippen LogP contribution in [-0.4, -0.2) is 54.6 Å². The van der Waals surface area contributed by atoms with E-state index in [2.05, 4.69) is 31.8 Å². The van der Waals surface area contributed by atoms with Crippen LogP contribution < -0.4 is 0 Å². The lowest BCUT2D eigenvalue weighted by Gasteiger charge is -2.23. The lowest BCUT2D eigenvalue weighted by molar-refractivity contribution is 0.0723. The van der Waals surface area contributed by atoms with Crippen molar-refractivity contribution in [3.63, 3.8) is 0 Å². The molecule has 2 saturated heterocycles. The van der Waals surface area contributed by atoms with Crippen LogP contribution in [0, 0.1) is 23.5 Å². The Hall–Kier alpha value is -5.56. The van der Waals surface area contributed by atoms with Crippen molar-refractivity contribution in [1.82, 2.24) is 29.7 Å². The first-order valence-electron chi connectivity index (χ1n) is 15.3. The molecule has 2 amide bonds. The van der Waals surface area contributed by atoms with Crippen LogP contribution in [0.5, 0.6) is 0 Å². The van der Waals surface area contributed by atoms with Crippen molar-refractivity contribution in [2.75, 3.05) is 13.1 Å². The summed E-state index contributed by atoms with van der Waals surface area (Å²) in [4.78, 5) is 45.5. The molecule has 2 aromatic heterocycles. The van der Waals surface area contributed by atoms with Gasteiger partial charge in [0.05, 0.1) is 30.2 Å². The monoisotopic (exact) mass is 616 g/mol. The predicted molar refractivity (Wildman–Crippen MR) is 167 cm³/mol. The summed E-state index contributed by atoms with van der Waals surface area (Å²) in [5.41, 5.74) is 4.16. The Morgan fingerprint density at radius 3 is 1.76 bits per heavy atom. The lowest BCUT2D eigenvalue weighted by atomic mass is 10.1. The fourth-order valence-corrected chi connectivity index (χ4v) is 6.20. The van der Waals surface area contributed by atoms with E-state index >= 15 is 0 Å². The molecular formula is C36H30F2N6O2. The summed E-state index contributed by atoms with van der Waals surface area (Å²) < 4.78 is 26.7. The van der Waals surface area contributed by atoms with Crippen molar-refractivity contribution in [2.45, 2.75) is 37.8 Å². The fourth-order valence-electron chi connectivity index (χ4n) is 6.20. The predicted octanol–water partition coefficient (Wildman–Crippen LogP) is 6.43. The Kier molecular flexibility index (Phi) is 7.89. The first-order chi connectivity index (χ1) is 22.4. The van der Waals surface area contributed by atoms with Gasteiger partial charge >= 0.3 is 0 Å². The van der Waals surface area contributed by atoms with Crippen LogP contribution in [0.15, 0.2) is 85.2 Å². The summed E-state index contributed by atoms with van der Waals surface area (Å²) >= 11 is 0. The molecule has 7 rings (SSSR count). The van der Waals surface area contributed by atoms with Gasteiger partial charge in [-0.1, -0.05) is 18.1 Å². The highest BCUT2D eigenvalue weighted by Crippen LogP contribution is 2.33. The number of carbonyl (C=O) groups is 2. The number of aromatic amines is 2. The van der Waals surface area contributed by atoms with Gasteiger partial charge in [0.1, 0.15) is 29.0 Å². The third-order valence-corrected chi connectivity index (χ3v) is 8.57. The second-order valence-corrected chi connectivity index (χ2v) is 11.5. The Morgan fingerprint density at radius 2 is 1.20 bits per heavy atom. The lowest BCUT2D eigenvalue weighted by Crippen LogP contribution is -2.31. The van der Waals surface area contributed by atoms with Gasteiger partial charge in [-0.15, -0.1) is 0 Å². The van der Waals surface area contributed by atoms with E-state index in [9.17, 15) is 18.4 Å². The van der Waals surface area contributed by atoms with Gasteiger partial charge in [0.25, 0.3) is 11.8 Å². The number of aromatic nitrogens is 4. The zero-order valence-electron chi connectivity index (χ0n) is 24.8. The number of benzene rings is 3. The highest BCUT2D eigenvalue weighted by Gasteiger charge is 2.33. The van der Waals surface area contributed by atoms with Crippen LogP contribution in [0.4, 0.5) is 8.78 Å². The summed E-state index contributed by atoms with van der Waals surface area (Å²) in [5, 5.41) is 0. The second-order valence-electron chi connectivity index (χ2n) is 11.5. The Labute approximate surface area is 264 Å². The van der Waals surface area contributed by atoms with Gasteiger partial charge in [0.15, 0.2) is 0 Å². The molecule has 230 valence electrons. The molecular weight excluding hydrogens is 586 g/mol. The van der Waals surface area contributed by atoms with Gasteiger partial charge in [-0.2, -0.15) is 0 Å². The second kappa shape index (κ2) is 12.4. The number of nitrogens with one attached hydrogen (secondary N) is 2. The van der Waals surface area contributed by atoms with Crippen LogP contribution in [0.3, 0.4) is 0 Å². The fraction of sp³-hybridized carbons (Fsp3) is 0.222. The van der Waals surface area contributed by atoms with Crippen LogP contribution in [0.25, 0.3) is 11.3 Å². The molecule has 0 unspecified atom stereocenters. The van der Waals surface area contributed by atoms with E-state index in [-0.39, 0.29) is 35.5 Å². The van der Waals surface area contributed by atoms with Gasteiger partial charge < -0.3 is 19.8 Å². The molecule has 0 aliphatic carbocycles. The molecule has 2 N–H and O–H groups in total. The molecule has 2 atom stereocenters. The molecule has 46 heavy (non-hydrogen) atoms. The molecule has 0 radical (unpaired) electrons. The maximum absolute atomic E-state index is 13.4. The molecule has 10 heteroatoms. The third kappa shape index (κ3) is 5.92. The number of imidazole rings is 2. The van der Waals surface area contributed by atoms with Gasteiger partial charge in [-0.25, -0.2) is 18.7 Å². The maximum Gasteiger partial charge on any atom is 0.254 e. The highest BCUT2D eigenvalue weighted by molar-refractivity contribution is 5.95. The molecule has 5 aromatic rings. The molecule has 2 fully saturated rings. The number of carbonyl (C=O) groups excluding carboxylic acids is 2. The Morgan fingerprint density at radius 1 is 0.674 bits per heavy atom. The smallest absolute Gasteiger partial charge is 0.254 e. The molecule has 2 aliphatic rings. The zero-order valence-corrected chi connectivity index (χ0v) is 24.8. The Balaban J connectivity index is 1.01. The number of H-pyrrole nitrogens is 2. The molecule has 8 nitrogen and oxygen atoms in total. The number of halogens is 2. The van der Waals surface area contributed by atoms with E-state index in [1.807, 2.05) is 24.3 Å². The van der Waals surface area contributed by atoms with E-state index in [1.165, 1.54) is 48.5 Å². The first kappa shape index (κ1) is 29.2.